The molecule has 0 radical (unpaired) electrons. The van der Waals surface area contributed by atoms with Gasteiger partial charge in [0.15, 0.2) is 11.5 Å². The van der Waals surface area contributed by atoms with Crippen molar-refractivity contribution < 1.29 is 14.3 Å². The Hall–Kier alpha value is -3.28. The van der Waals surface area contributed by atoms with Gasteiger partial charge in [0, 0.05) is 11.8 Å². The van der Waals surface area contributed by atoms with E-state index < -0.39 is 0 Å². The Morgan fingerprint density at radius 3 is 2.96 bits per heavy atom. The summed E-state index contributed by atoms with van der Waals surface area (Å²) in [7, 11) is 0. The van der Waals surface area contributed by atoms with Gasteiger partial charge < -0.3 is 14.8 Å². The average Bonchev–Trinajstić information content (AvgIpc) is 3.23. The number of aryl methyl sites for hydroxylation is 1. The van der Waals surface area contributed by atoms with Crippen molar-refractivity contribution in [3.63, 3.8) is 0 Å². The van der Waals surface area contributed by atoms with Crippen molar-refractivity contribution in [2.75, 3.05) is 12.1 Å². The fraction of sp³-hybridized carbons (Fsp3) is 0.158. The molecule has 0 saturated heterocycles. The summed E-state index contributed by atoms with van der Waals surface area (Å²) in [4.78, 5) is 12.4. The summed E-state index contributed by atoms with van der Waals surface area (Å²) in [6.07, 6.45) is 3.45. The summed E-state index contributed by atoms with van der Waals surface area (Å²) < 4.78 is 12.3. The molecular formula is C19H17N3O3. The Labute approximate surface area is 145 Å². The second-order valence-electron chi connectivity index (χ2n) is 5.94. The summed E-state index contributed by atoms with van der Waals surface area (Å²) in [6, 6.07) is 13.4. The maximum atomic E-state index is 12.4. The standard InChI is InChI=1S/C19H17N3O3/c1-13-3-2-4-14(7-13)10-22-11-16(9-20-22)21-19(23)15-5-6-17-18(8-15)25-12-24-17/h2-9,11H,10,12H2,1H3,(H,21,23). The maximum absolute atomic E-state index is 12.4. The number of carbonyl (C=O) groups is 1. The van der Waals surface area contributed by atoms with Crippen molar-refractivity contribution >= 4 is 11.6 Å². The van der Waals surface area contributed by atoms with Gasteiger partial charge in [-0.3, -0.25) is 9.48 Å². The van der Waals surface area contributed by atoms with Gasteiger partial charge in [0.1, 0.15) is 0 Å². The molecule has 4 rings (SSSR count). The minimum Gasteiger partial charge on any atom is -0.454 e. The smallest absolute Gasteiger partial charge is 0.255 e. The van der Waals surface area contributed by atoms with Crippen molar-refractivity contribution in [3.05, 3.63) is 71.5 Å². The minimum atomic E-state index is -0.214. The highest BCUT2D eigenvalue weighted by Gasteiger charge is 2.16. The molecule has 25 heavy (non-hydrogen) atoms. The van der Waals surface area contributed by atoms with Crippen molar-refractivity contribution in [1.82, 2.24) is 9.78 Å². The molecule has 2 aromatic carbocycles. The number of benzene rings is 2. The number of amides is 1. The molecular weight excluding hydrogens is 318 g/mol. The molecule has 6 nitrogen and oxygen atoms in total. The molecule has 1 aromatic heterocycles. The van der Waals surface area contributed by atoms with E-state index in [-0.39, 0.29) is 12.7 Å². The lowest BCUT2D eigenvalue weighted by atomic mass is 10.1. The summed E-state index contributed by atoms with van der Waals surface area (Å²) in [6.45, 7) is 2.90. The molecule has 0 aliphatic carbocycles. The molecule has 1 amide bonds. The molecule has 1 aliphatic heterocycles. The number of ether oxygens (including phenoxy) is 2. The molecule has 3 aromatic rings. The summed E-state index contributed by atoms with van der Waals surface area (Å²) in [5.74, 6) is 1.03. The monoisotopic (exact) mass is 335 g/mol. The molecule has 2 heterocycles. The number of aromatic nitrogens is 2. The van der Waals surface area contributed by atoms with E-state index in [1.807, 2.05) is 12.3 Å². The Balaban J connectivity index is 1.44. The highest BCUT2D eigenvalue weighted by molar-refractivity contribution is 6.04. The van der Waals surface area contributed by atoms with Crippen molar-refractivity contribution in [3.8, 4) is 11.5 Å². The highest BCUT2D eigenvalue weighted by Crippen LogP contribution is 2.32. The Kier molecular flexibility index (Phi) is 3.85. The Morgan fingerprint density at radius 2 is 2.08 bits per heavy atom. The zero-order valence-corrected chi connectivity index (χ0v) is 13.7. The number of nitrogens with zero attached hydrogens (tertiary/aromatic N) is 2. The molecule has 0 bridgehead atoms. The van der Waals surface area contributed by atoms with Crippen LogP contribution in [0.15, 0.2) is 54.9 Å². The van der Waals surface area contributed by atoms with E-state index >= 15 is 0 Å². The second-order valence-corrected chi connectivity index (χ2v) is 5.94. The van der Waals surface area contributed by atoms with Crippen LogP contribution in [0.4, 0.5) is 5.69 Å². The van der Waals surface area contributed by atoms with Crippen LogP contribution in [0, 0.1) is 6.92 Å². The zero-order valence-electron chi connectivity index (χ0n) is 13.7. The summed E-state index contributed by atoms with van der Waals surface area (Å²) in [5, 5.41) is 7.15. The first-order valence-corrected chi connectivity index (χ1v) is 7.96. The molecule has 6 heteroatoms. The van der Waals surface area contributed by atoms with E-state index in [2.05, 4.69) is 35.5 Å². The lowest BCUT2D eigenvalue weighted by Crippen LogP contribution is -2.11. The fourth-order valence-corrected chi connectivity index (χ4v) is 2.75. The predicted octanol–water partition coefficient (Wildman–Crippen LogP) is 3.22. The first-order chi connectivity index (χ1) is 12.2. The van der Waals surface area contributed by atoms with E-state index in [4.69, 9.17) is 9.47 Å². The van der Waals surface area contributed by atoms with Gasteiger partial charge in [-0.15, -0.1) is 0 Å². The number of nitrogens with one attached hydrogen (secondary N) is 1. The quantitative estimate of drug-likeness (QED) is 0.795. The van der Waals surface area contributed by atoms with E-state index in [1.165, 1.54) is 5.56 Å². The number of hydrogen-bond donors (Lipinski definition) is 1. The van der Waals surface area contributed by atoms with Crippen LogP contribution in [0.25, 0.3) is 0 Å². The van der Waals surface area contributed by atoms with E-state index in [0.29, 0.717) is 29.3 Å². The van der Waals surface area contributed by atoms with Crippen LogP contribution in [0.2, 0.25) is 0 Å². The van der Waals surface area contributed by atoms with Gasteiger partial charge in [-0.05, 0) is 30.7 Å². The molecule has 0 unspecified atom stereocenters. The molecule has 0 fully saturated rings. The van der Waals surface area contributed by atoms with Gasteiger partial charge in [-0.2, -0.15) is 5.10 Å². The fourth-order valence-electron chi connectivity index (χ4n) is 2.75. The van der Waals surface area contributed by atoms with Crippen molar-refractivity contribution in [2.24, 2.45) is 0 Å². The van der Waals surface area contributed by atoms with Crippen LogP contribution in [0.5, 0.6) is 11.5 Å². The van der Waals surface area contributed by atoms with Crippen molar-refractivity contribution in [1.29, 1.82) is 0 Å². The first-order valence-electron chi connectivity index (χ1n) is 7.96. The van der Waals surface area contributed by atoms with Gasteiger partial charge in [0.25, 0.3) is 5.91 Å². The summed E-state index contributed by atoms with van der Waals surface area (Å²) >= 11 is 0. The van der Waals surface area contributed by atoms with Gasteiger partial charge in [0.2, 0.25) is 6.79 Å². The minimum absolute atomic E-state index is 0.187. The largest absolute Gasteiger partial charge is 0.454 e. The summed E-state index contributed by atoms with van der Waals surface area (Å²) in [5.41, 5.74) is 3.53. The van der Waals surface area contributed by atoms with Gasteiger partial charge in [0.05, 0.1) is 18.4 Å². The van der Waals surface area contributed by atoms with Gasteiger partial charge in [-0.1, -0.05) is 29.8 Å². The van der Waals surface area contributed by atoms with Crippen LogP contribution in [-0.2, 0) is 6.54 Å². The highest BCUT2D eigenvalue weighted by atomic mass is 16.7. The molecule has 1 N–H and O–H groups in total. The van der Waals surface area contributed by atoms with Crippen LogP contribution in [-0.4, -0.2) is 22.5 Å². The third-order valence-electron chi connectivity index (χ3n) is 3.95. The molecule has 0 atom stereocenters. The van der Waals surface area contributed by atoms with Crippen LogP contribution in [0.1, 0.15) is 21.5 Å². The first kappa shape index (κ1) is 15.3. The normalized spacial score (nSPS) is 12.2. The number of hydrogen-bond acceptors (Lipinski definition) is 4. The van der Waals surface area contributed by atoms with Gasteiger partial charge in [-0.25, -0.2) is 0 Å². The third kappa shape index (κ3) is 3.33. The third-order valence-corrected chi connectivity index (χ3v) is 3.95. The van der Waals surface area contributed by atoms with E-state index in [1.54, 1.807) is 29.1 Å². The van der Waals surface area contributed by atoms with Crippen LogP contribution in [0.3, 0.4) is 0 Å². The number of anilines is 1. The molecule has 0 spiro atoms. The lowest BCUT2D eigenvalue weighted by molar-refractivity contribution is 0.102. The Bertz CT molecular complexity index is 933. The lowest BCUT2D eigenvalue weighted by Gasteiger charge is -2.04. The van der Waals surface area contributed by atoms with Crippen molar-refractivity contribution in [2.45, 2.75) is 13.5 Å². The average molecular weight is 335 g/mol. The second kappa shape index (κ2) is 6.32. The van der Waals surface area contributed by atoms with Gasteiger partial charge >= 0.3 is 0 Å². The van der Waals surface area contributed by atoms with E-state index in [9.17, 15) is 4.79 Å². The SMILES string of the molecule is Cc1cccc(Cn2cc(NC(=O)c3ccc4c(c3)OCO4)cn2)c1. The maximum Gasteiger partial charge on any atom is 0.255 e. The van der Waals surface area contributed by atoms with E-state index in [0.717, 1.165) is 5.56 Å². The Morgan fingerprint density at radius 1 is 1.20 bits per heavy atom. The number of fused-ring (bicyclic) bond motifs is 1. The number of rotatable bonds is 4. The predicted molar refractivity (Wildman–Crippen MR) is 93.0 cm³/mol. The molecule has 1 aliphatic rings. The zero-order chi connectivity index (χ0) is 17.2. The molecule has 126 valence electrons. The molecule has 0 saturated carbocycles. The topological polar surface area (TPSA) is 65.4 Å². The van der Waals surface area contributed by atoms with Crippen LogP contribution < -0.4 is 14.8 Å². The van der Waals surface area contributed by atoms with Crippen LogP contribution >= 0.6 is 0 Å². The number of carbonyl (C=O) groups excluding carboxylic acids is 1.